The second-order valence-electron chi connectivity index (χ2n) is 3.03. The molecule has 11 heavy (non-hydrogen) atoms. The molecule has 1 unspecified atom stereocenters. The number of rotatable bonds is 3. The van der Waals surface area contributed by atoms with Crippen LogP contribution in [0.25, 0.3) is 0 Å². The van der Waals surface area contributed by atoms with Crippen LogP contribution in [0.3, 0.4) is 0 Å². The molecule has 3 nitrogen and oxygen atoms in total. The molecule has 1 saturated heterocycles. The summed E-state index contributed by atoms with van der Waals surface area (Å²) in [4.78, 5) is 2.07. The van der Waals surface area contributed by atoms with Crippen LogP contribution in [-0.4, -0.2) is 43.0 Å². The molecule has 1 aliphatic heterocycles. The topological polar surface area (TPSA) is 32.7 Å². The Labute approximate surface area is 68.0 Å². The molecule has 1 heterocycles. The van der Waals surface area contributed by atoms with Crippen LogP contribution in [0, 0.1) is 0 Å². The third kappa shape index (κ3) is 2.77. The second kappa shape index (κ2) is 4.70. The molecular weight excluding hydrogens is 142 g/mol. The Morgan fingerprint density at radius 2 is 2.36 bits per heavy atom. The van der Waals surface area contributed by atoms with Gasteiger partial charge in [-0.3, -0.25) is 4.90 Å². The zero-order valence-electron chi connectivity index (χ0n) is 7.12. The highest BCUT2D eigenvalue weighted by molar-refractivity contribution is 4.62. The molecule has 1 rings (SSSR count). The fraction of sp³-hybridized carbons (Fsp3) is 1.00. The summed E-state index contributed by atoms with van der Waals surface area (Å²) < 4.78 is 5.51. The third-order valence-electron chi connectivity index (χ3n) is 2.10. The van der Waals surface area contributed by atoms with E-state index in [9.17, 15) is 0 Å². The predicted octanol–water partition coefficient (Wildman–Crippen LogP) is 0.437. The van der Waals surface area contributed by atoms with Gasteiger partial charge in [-0.2, -0.15) is 0 Å². The highest BCUT2D eigenvalue weighted by Gasteiger charge is 2.17. The lowest BCUT2D eigenvalue weighted by Crippen LogP contribution is -2.38. The van der Waals surface area contributed by atoms with Crippen molar-refractivity contribution in [2.45, 2.75) is 25.5 Å². The van der Waals surface area contributed by atoms with E-state index in [-0.39, 0.29) is 12.8 Å². The number of aliphatic hydroxyl groups is 1. The molecule has 3 heteroatoms. The van der Waals surface area contributed by atoms with Crippen LogP contribution in [0.5, 0.6) is 0 Å². The highest BCUT2D eigenvalue weighted by Crippen LogP contribution is 2.14. The standard InChI is InChI=1S/C8H17NO2/c1-9(5-6-10)8-4-2-3-7-11-8/h8,10H,2-7H2,1H3. The van der Waals surface area contributed by atoms with Gasteiger partial charge in [-0.05, 0) is 26.3 Å². The maximum Gasteiger partial charge on any atom is 0.110 e. The molecule has 0 saturated carbocycles. The Balaban J connectivity index is 2.21. The van der Waals surface area contributed by atoms with Crippen LogP contribution < -0.4 is 0 Å². The lowest BCUT2D eigenvalue weighted by atomic mass is 10.2. The van der Waals surface area contributed by atoms with E-state index in [0.29, 0.717) is 6.54 Å². The molecule has 1 aliphatic rings. The molecule has 66 valence electrons. The maximum atomic E-state index is 8.67. The summed E-state index contributed by atoms with van der Waals surface area (Å²) in [7, 11) is 1.99. The van der Waals surface area contributed by atoms with E-state index in [1.165, 1.54) is 12.8 Å². The van der Waals surface area contributed by atoms with Crippen LogP contribution in [0.1, 0.15) is 19.3 Å². The molecule has 0 aromatic heterocycles. The largest absolute Gasteiger partial charge is 0.395 e. The van der Waals surface area contributed by atoms with Crippen LogP contribution in [0.2, 0.25) is 0 Å². The van der Waals surface area contributed by atoms with Gasteiger partial charge in [0, 0.05) is 13.2 Å². The zero-order valence-corrected chi connectivity index (χ0v) is 7.12. The van der Waals surface area contributed by atoms with Crippen LogP contribution in [-0.2, 0) is 4.74 Å². The van der Waals surface area contributed by atoms with Crippen molar-refractivity contribution in [2.75, 3.05) is 26.8 Å². The van der Waals surface area contributed by atoms with Crippen molar-refractivity contribution in [3.8, 4) is 0 Å². The van der Waals surface area contributed by atoms with Gasteiger partial charge in [0.05, 0.1) is 6.61 Å². The van der Waals surface area contributed by atoms with E-state index in [1.807, 2.05) is 7.05 Å². The van der Waals surface area contributed by atoms with Gasteiger partial charge < -0.3 is 9.84 Å². The first-order valence-corrected chi connectivity index (χ1v) is 4.27. The van der Waals surface area contributed by atoms with Gasteiger partial charge in [0.1, 0.15) is 6.23 Å². The quantitative estimate of drug-likeness (QED) is 0.648. The summed E-state index contributed by atoms with van der Waals surface area (Å²) in [6.07, 6.45) is 3.79. The molecule has 1 atom stereocenters. The van der Waals surface area contributed by atoms with Crippen molar-refractivity contribution >= 4 is 0 Å². The number of hydrogen-bond acceptors (Lipinski definition) is 3. The van der Waals surface area contributed by atoms with Crippen LogP contribution >= 0.6 is 0 Å². The minimum atomic E-state index is 0.219. The molecule has 1 fully saturated rings. The third-order valence-corrected chi connectivity index (χ3v) is 2.10. The Morgan fingerprint density at radius 3 is 2.91 bits per heavy atom. The zero-order chi connectivity index (χ0) is 8.10. The van der Waals surface area contributed by atoms with Gasteiger partial charge in [0.25, 0.3) is 0 Å². The average molecular weight is 159 g/mol. The van der Waals surface area contributed by atoms with E-state index in [0.717, 1.165) is 13.0 Å². The Kier molecular flexibility index (Phi) is 3.83. The Bertz CT molecular complexity index is 102. The van der Waals surface area contributed by atoms with Gasteiger partial charge >= 0.3 is 0 Å². The van der Waals surface area contributed by atoms with Crippen molar-refractivity contribution in [3.05, 3.63) is 0 Å². The van der Waals surface area contributed by atoms with E-state index in [1.54, 1.807) is 0 Å². The smallest absolute Gasteiger partial charge is 0.110 e. The van der Waals surface area contributed by atoms with Gasteiger partial charge in [0.2, 0.25) is 0 Å². The molecular formula is C8H17NO2. The summed E-state index contributed by atoms with van der Waals surface area (Å²) in [5.41, 5.74) is 0. The molecule has 0 bridgehead atoms. The van der Waals surface area contributed by atoms with E-state index in [4.69, 9.17) is 9.84 Å². The molecule has 0 aliphatic carbocycles. The van der Waals surface area contributed by atoms with E-state index in [2.05, 4.69) is 4.90 Å². The normalized spacial score (nSPS) is 25.9. The number of aliphatic hydroxyl groups excluding tert-OH is 1. The molecule has 1 N–H and O–H groups in total. The second-order valence-corrected chi connectivity index (χ2v) is 3.03. The van der Waals surface area contributed by atoms with Gasteiger partial charge in [-0.15, -0.1) is 0 Å². The number of nitrogens with zero attached hydrogens (tertiary/aromatic N) is 1. The number of hydrogen-bond donors (Lipinski definition) is 1. The molecule has 0 aromatic rings. The minimum Gasteiger partial charge on any atom is -0.395 e. The van der Waals surface area contributed by atoms with Gasteiger partial charge in [0.15, 0.2) is 0 Å². The predicted molar refractivity (Wildman–Crippen MR) is 43.3 cm³/mol. The summed E-state index contributed by atoms with van der Waals surface area (Å²) in [5, 5.41) is 8.67. The monoisotopic (exact) mass is 159 g/mol. The van der Waals surface area contributed by atoms with Crippen LogP contribution in [0.4, 0.5) is 0 Å². The number of ether oxygens (including phenoxy) is 1. The first kappa shape index (κ1) is 8.97. The fourth-order valence-electron chi connectivity index (χ4n) is 1.37. The maximum absolute atomic E-state index is 8.67. The molecule has 0 amide bonds. The fourth-order valence-corrected chi connectivity index (χ4v) is 1.37. The van der Waals surface area contributed by atoms with Gasteiger partial charge in [-0.1, -0.05) is 0 Å². The molecule has 0 spiro atoms. The van der Waals surface area contributed by atoms with Crippen molar-refractivity contribution < 1.29 is 9.84 Å². The molecule has 0 radical (unpaired) electrons. The van der Waals surface area contributed by atoms with Crippen molar-refractivity contribution in [3.63, 3.8) is 0 Å². The van der Waals surface area contributed by atoms with Crippen LogP contribution in [0.15, 0.2) is 0 Å². The van der Waals surface area contributed by atoms with Crippen molar-refractivity contribution in [1.82, 2.24) is 4.90 Å². The first-order chi connectivity index (χ1) is 5.34. The van der Waals surface area contributed by atoms with E-state index >= 15 is 0 Å². The Hall–Kier alpha value is -0.120. The van der Waals surface area contributed by atoms with Crippen molar-refractivity contribution in [1.29, 1.82) is 0 Å². The SMILES string of the molecule is CN(CCO)C1CCCCO1. The number of likely N-dealkylation sites (N-methyl/N-ethyl adjacent to an activating group) is 1. The highest BCUT2D eigenvalue weighted by atomic mass is 16.5. The van der Waals surface area contributed by atoms with Gasteiger partial charge in [-0.25, -0.2) is 0 Å². The summed E-state index contributed by atoms with van der Waals surface area (Å²) in [5.74, 6) is 0. The summed E-state index contributed by atoms with van der Waals surface area (Å²) in [6, 6.07) is 0. The summed E-state index contributed by atoms with van der Waals surface area (Å²) in [6.45, 7) is 1.81. The average Bonchev–Trinajstić information content (AvgIpc) is 2.07. The molecule has 0 aromatic carbocycles. The summed E-state index contributed by atoms with van der Waals surface area (Å²) >= 11 is 0. The Morgan fingerprint density at radius 1 is 1.55 bits per heavy atom. The lowest BCUT2D eigenvalue weighted by molar-refractivity contribution is -0.0784. The van der Waals surface area contributed by atoms with Crippen molar-refractivity contribution in [2.24, 2.45) is 0 Å². The van der Waals surface area contributed by atoms with E-state index < -0.39 is 0 Å². The first-order valence-electron chi connectivity index (χ1n) is 4.27. The minimum absolute atomic E-state index is 0.219. The lowest BCUT2D eigenvalue weighted by Gasteiger charge is -2.30.